The van der Waals surface area contributed by atoms with Crippen molar-refractivity contribution in [2.24, 2.45) is 0 Å². The minimum absolute atomic E-state index is 0.0441. The fourth-order valence-electron chi connectivity index (χ4n) is 1.92. The van der Waals surface area contributed by atoms with Gasteiger partial charge in [-0.15, -0.1) is 11.8 Å². The summed E-state index contributed by atoms with van der Waals surface area (Å²) < 4.78 is 0. The summed E-state index contributed by atoms with van der Waals surface area (Å²) in [5.41, 5.74) is 0.759. The smallest absolute Gasteiger partial charge is 0.317 e. The van der Waals surface area contributed by atoms with Crippen LogP contribution in [0.1, 0.15) is 20.3 Å². The van der Waals surface area contributed by atoms with E-state index in [0.717, 1.165) is 17.0 Å². The van der Waals surface area contributed by atoms with Crippen molar-refractivity contribution >= 4 is 29.3 Å². The Kier molecular flexibility index (Phi) is 7.25. The summed E-state index contributed by atoms with van der Waals surface area (Å²) >= 11 is 1.56. The van der Waals surface area contributed by atoms with Crippen molar-refractivity contribution in [1.82, 2.24) is 4.90 Å². The van der Waals surface area contributed by atoms with Crippen molar-refractivity contribution in [3.8, 4) is 0 Å². The molecule has 0 spiro atoms. The molecular weight excluding hydrogens is 288 g/mol. The van der Waals surface area contributed by atoms with E-state index >= 15 is 0 Å². The van der Waals surface area contributed by atoms with Gasteiger partial charge in [0.1, 0.15) is 0 Å². The van der Waals surface area contributed by atoms with Gasteiger partial charge in [-0.2, -0.15) is 0 Å². The predicted octanol–water partition coefficient (Wildman–Crippen LogP) is 2.53. The molecule has 0 fully saturated rings. The minimum atomic E-state index is -0.924. The number of carbonyl (C=O) groups excluding carboxylic acids is 1. The molecule has 2 N–H and O–H groups in total. The molecule has 0 aliphatic heterocycles. The fourth-order valence-corrected chi connectivity index (χ4v) is 2.48. The van der Waals surface area contributed by atoms with Crippen LogP contribution in [0.3, 0.4) is 0 Å². The zero-order valence-electron chi connectivity index (χ0n) is 12.6. The summed E-state index contributed by atoms with van der Waals surface area (Å²) in [6, 6.07) is 7.59. The third-order valence-corrected chi connectivity index (χ3v) is 4.08. The lowest BCUT2D eigenvalue weighted by molar-refractivity contribution is -0.139. The van der Waals surface area contributed by atoms with Crippen LogP contribution in [0.5, 0.6) is 0 Å². The maximum atomic E-state index is 12.1. The summed E-state index contributed by atoms with van der Waals surface area (Å²) in [4.78, 5) is 25.7. The number of aliphatic carboxylic acids is 1. The standard InChI is InChI=1S/C15H22N2O3S/c1-4-11(2)17(10-15(19)20)9-14(18)16-12-7-5-6-8-13(12)21-3/h5-8,11H,4,9-10H2,1-3H3,(H,16,18)(H,19,20). The first-order valence-corrected chi connectivity index (χ1v) is 8.09. The van der Waals surface area contributed by atoms with Gasteiger partial charge in [0, 0.05) is 10.9 Å². The van der Waals surface area contributed by atoms with Gasteiger partial charge < -0.3 is 10.4 Å². The van der Waals surface area contributed by atoms with Gasteiger partial charge in [0.25, 0.3) is 0 Å². The second-order valence-electron chi connectivity index (χ2n) is 4.80. The van der Waals surface area contributed by atoms with Crippen LogP contribution in [0, 0.1) is 0 Å². The molecule has 0 heterocycles. The molecule has 1 rings (SSSR count). The van der Waals surface area contributed by atoms with Gasteiger partial charge in [-0.3, -0.25) is 14.5 Å². The van der Waals surface area contributed by atoms with E-state index in [4.69, 9.17) is 5.11 Å². The monoisotopic (exact) mass is 310 g/mol. The third-order valence-electron chi connectivity index (χ3n) is 3.28. The van der Waals surface area contributed by atoms with Crippen LogP contribution in [0.15, 0.2) is 29.2 Å². The number of nitrogens with one attached hydrogen (secondary N) is 1. The van der Waals surface area contributed by atoms with Gasteiger partial charge in [0.15, 0.2) is 0 Å². The number of carbonyl (C=O) groups is 2. The van der Waals surface area contributed by atoms with Gasteiger partial charge in [-0.25, -0.2) is 0 Å². The second kappa shape index (κ2) is 8.69. The Balaban J connectivity index is 2.71. The van der Waals surface area contributed by atoms with Crippen molar-refractivity contribution in [3.05, 3.63) is 24.3 Å². The molecule has 1 aromatic rings. The molecule has 116 valence electrons. The van der Waals surface area contributed by atoms with E-state index in [1.807, 2.05) is 44.4 Å². The zero-order chi connectivity index (χ0) is 15.8. The molecule has 1 unspecified atom stereocenters. The Bertz CT molecular complexity index is 494. The highest BCUT2D eigenvalue weighted by atomic mass is 32.2. The SMILES string of the molecule is CCC(C)N(CC(=O)O)CC(=O)Nc1ccccc1SC. The first-order valence-electron chi connectivity index (χ1n) is 6.86. The molecule has 0 radical (unpaired) electrons. The van der Waals surface area contributed by atoms with Crippen molar-refractivity contribution in [1.29, 1.82) is 0 Å². The number of para-hydroxylation sites is 1. The topological polar surface area (TPSA) is 69.6 Å². The maximum absolute atomic E-state index is 12.1. The Morgan fingerprint density at radius 3 is 2.57 bits per heavy atom. The predicted molar refractivity (Wildman–Crippen MR) is 85.8 cm³/mol. The number of thioether (sulfide) groups is 1. The van der Waals surface area contributed by atoms with E-state index in [1.54, 1.807) is 16.7 Å². The number of nitrogens with zero attached hydrogens (tertiary/aromatic N) is 1. The van der Waals surface area contributed by atoms with Crippen molar-refractivity contribution in [2.45, 2.75) is 31.2 Å². The molecular formula is C15H22N2O3S. The van der Waals surface area contributed by atoms with Crippen LogP contribution in [0.4, 0.5) is 5.69 Å². The van der Waals surface area contributed by atoms with Crippen LogP contribution in [-0.4, -0.2) is 47.3 Å². The highest BCUT2D eigenvalue weighted by molar-refractivity contribution is 7.98. The first-order chi connectivity index (χ1) is 9.97. The molecule has 0 saturated carbocycles. The Morgan fingerprint density at radius 2 is 2.00 bits per heavy atom. The van der Waals surface area contributed by atoms with Gasteiger partial charge >= 0.3 is 5.97 Å². The maximum Gasteiger partial charge on any atom is 0.317 e. The fraction of sp³-hybridized carbons (Fsp3) is 0.467. The van der Waals surface area contributed by atoms with Gasteiger partial charge in [0.2, 0.25) is 5.91 Å². The third kappa shape index (κ3) is 5.77. The van der Waals surface area contributed by atoms with Gasteiger partial charge in [0.05, 0.1) is 18.8 Å². The number of rotatable bonds is 8. The van der Waals surface area contributed by atoms with Gasteiger partial charge in [-0.1, -0.05) is 19.1 Å². The zero-order valence-corrected chi connectivity index (χ0v) is 13.4. The number of benzene rings is 1. The minimum Gasteiger partial charge on any atom is -0.480 e. The Labute approximate surface area is 129 Å². The summed E-state index contributed by atoms with van der Waals surface area (Å²) in [5.74, 6) is -1.12. The molecule has 6 heteroatoms. The molecule has 1 atom stereocenters. The Morgan fingerprint density at radius 1 is 1.33 bits per heavy atom. The van der Waals surface area contributed by atoms with Crippen LogP contribution < -0.4 is 5.32 Å². The van der Waals surface area contributed by atoms with Crippen molar-refractivity contribution in [2.75, 3.05) is 24.7 Å². The lowest BCUT2D eigenvalue weighted by Crippen LogP contribution is -2.42. The van der Waals surface area contributed by atoms with Crippen molar-refractivity contribution < 1.29 is 14.7 Å². The van der Waals surface area contributed by atoms with E-state index < -0.39 is 5.97 Å². The van der Waals surface area contributed by atoms with Crippen LogP contribution in [0.25, 0.3) is 0 Å². The average molecular weight is 310 g/mol. The number of anilines is 1. The lowest BCUT2D eigenvalue weighted by atomic mass is 10.2. The van der Waals surface area contributed by atoms with Crippen LogP contribution >= 0.6 is 11.8 Å². The van der Waals surface area contributed by atoms with E-state index in [-0.39, 0.29) is 25.0 Å². The molecule has 1 aromatic carbocycles. The molecule has 0 aromatic heterocycles. The van der Waals surface area contributed by atoms with Crippen LogP contribution in [0.2, 0.25) is 0 Å². The number of amides is 1. The number of carboxylic acid groups (broad SMARTS) is 1. The number of hydrogen-bond donors (Lipinski definition) is 2. The summed E-state index contributed by atoms with van der Waals surface area (Å²) in [5, 5.41) is 11.8. The van der Waals surface area contributed by atoms with Crippen LogP contribution in [-0.2, 0) is 9.59 Å². The Hall–Kier alpha value is -1.53. The molecule has 0 aliphatic carbocycles. The molecule has 5 nitrogen and oxygen atoms in total. The van der Waals surface area contributed by atoms with E-state index in [1.165, 1.54) is 0 Å². The largest absolute Gasteiger partial charge is 0.480 e. The molecule has 0 aliphatic rings. The molecule has 0 bridgehead atoms. The highest BCUT2D eigenvalue weighted by Crippen LogP contribution is 2.24. The summed E-state index contributed by atoms with van der Waals surface area (Å²) in [6.45, 7) is 3.84. The molecule has 0 saturated heterocycles. The number of carboxylic acids is 1. The molecule has 21 heavy (non-hydrogen) atoms. The van der Waals surface area contributed by atoms with E-state index in [0.29, 0.717) is 0 Å². The quantitative estimate of drug-likeness (QED) is 0.722. The van der Waals surface area contributed by atoms with Gasteiger partial charge in [-0.05, 0) is 31.7 Å². The first kappa shape index (κ1) is 17.5. The normalized spacial score (nSPS) is 12.2. The van der Waals surface area contributed by atoms with E-state index in [2.05, 4.69) is 5.32 Å². The van der Waals surface area contributed by atoms with Crippen molar-refractivity contribution in [3.63, 3.8) is 0 Å². The summed E-state index contributed by atoms with van der Waals surface area (Å²) in [7, 11) is 0. The molecule has 1 amide bonds. The lowest BCUT2D eigenvalue weighted by Gasteiger charge is -2.26. The van der Waals surface area contributed by atoms with E-state index in [9.17, 15) is 9.59 Å². The second-order valence-corrected chi connectivity index (χ2v) is 5.65. The number of hydrogen-bond acceptors (Lipinski definition) is 4. The summed E-state index contributed by atoms with van der Waals surface area (Å²) in [6.07, 6.45) is 2.74. The highest BCUT2D eigenvalue weighted by Gasteiger charge is 2.19. The average Bonchev–Trinajstić information content (AvgIpc) is 2.45.